The SMILES string of the molecule is Cc1cc(C)c2c(c1)/C=C/C[C@@H]1OC(C)(C)O[C@@H]1C(C)/C=C\[C@@H]1CCC[C@H]1OC2=O.Cc1cc(C)c2c(c1)/C=C/C[C@@H]1OC(C)(C)O[C@@H]1C(O)/C=C\[C@@H]1CCC[C@H]1OC2=O. The Kier molecular flexibility index (Phi) is 13.4. The minimum atomic E-state index is -0.776. The number of carbonyl (C=O) groups is 2. The molecule has 2 aromatic carbocycles. The molecule has 2 unspecified atom stereocenters. The predicted molar refractivity (Wildman–Crippen MR) is 233 cm³/mol. The molecule has 9 heteroatoms. The number of carbonyl (C=O) groups excluding carboxylic acids is 2. The number of aryl methyl sites for hydroxylation is 4. The molecule has 1 N–H and O–H groups in total. The zero-order valence-electron chi connectivity index (χ0n) is 37.1. The van der Waals surface area contributed by atoms with Crippen LogP contribution in [0.1, 0.15) is 140 Å². The summed E-state index contributed by atoms with van der Waals surface area (Å²) in [5.74, 6) is -1.22. The van der Waals surface area contributed by atoms with Crippen LogP contribution in [0.3, 0.4) is 0 Å². The van der Waals surface area contributed by atoms with E-state index in [2.05, 4.69) is 44.2 Å². The van der Waals surface area contributed by atoms with Gasteiger partial charge in [-0.1, -0.05) is 90.9 Å². The summed E-state index contributed by atoms with van der Waals surface area (Å²) in [5.41, 5.74) is 7.20. The zero-order valence-corrected chi connectivity index (χ0v) is 37.1. The van der Waals surface area contributed by atoms with Crippen LogP contribution >= 0.6 is 0 Å². The Bertz CT molecular complexity index is 1880. The van der Waals surface area contributed by atoms with Gasteiger partial charge in [-0.25, -0.2) is 9.59 Å². The number of hydrogen-bond donors (Lipinski definition) is 1. The number of fused-ring (bicyclic) bond motifs is 6. The molecule has 0 radical (unpaired) electrons. The summed E-state index contributed by atoms with van der Waals surface area (Å²) in [5, 5.41) is 10.8. The monoisotopic (exact) mass is 822 g/mol. The van der Waals surface area contributed by atoms with Crippen LogP contribution in [-0.4, -0.2) is 71.3 Å². The highest BCUT2D eigenvalue weighted by molar-refractivity contribution is 5.96. The first kappa shape index (κ1) is 44.2. The molecule has 0 bridgehead atoms. The van der Waals surface area contributed by atoms with Gasteiger partial charge in [0.15, 0.2) is 11.6 Å². The van der Waals surface area contributed by atoms with E-state index in [0.717, 1.165) is 78.3 Å². The molecule has 2 aliphatic carbocycles. The van der Waals surface area contributed by atoms with Crippen LogP contribution in [0.25, 0.3) is 12.2 Å². The van der Waals surface area contributed by atoms with Gasteiger partial charge >= 0.3 is 11.9 Å². The second kappa shape index (κ2) is 18.2. The van der Waals surface area contributed by atoms with Crippen molar-refractivity contribution >= 4 is 24.1 Å². The number of rotatable bonds is 0. The van der Waals surface area contributed by atoms with Gasteiger partial charge in [0.05, 0.1) is 29.4 Å². The lowest BCUT2D eigenvalue weighted by atomic mass is 9.93. The van der Waals surface area contributed by atoms with Crippen molar-refractivity contribution in [3.63, 3.8) is 0 Å². The van der Waals surface area contributed by atoms with Crippen molar-refractivity contribution in [2.75, 3.05) is 0 Å². The highest BCUT2D eigenvalue weighted by atomic mass is 16.8. The second-order valence-electron chi connectivity index (χ2n) is 18.8. The molecule has 4 aliphatic heterocycles. The molecule has 60 heavy (non-hydrogen) atoms. The molecule has 0 aromatic heterocycles. The third kappa shape index (κ3) is 10.2. The summed E-state index contributed by atoms with van der Waals surface area (Å²) in [6.07, 6.45) is 21.8. The molecular weight excluding hydrogens is 757 g/mol. The fraction of sp³-hybridized carbons (Fsp3) is 0.569. The third-order valence-electron chi connectivity index (χ3n) is 12.8. The van der Waals surface area contributed by atoms with Crippen LogP contribution in [-0.2, 0) is 28.4 Å². The van der Waals surface area contributed by atoms with Gasteiger partial charge in [-0.2, -0.15) is 0 Å². The average Bonchev–Trinajstić information content (AvgIpc) is 3.94. The summed E-state index contributed by atoms with van der Waals surface area (Å²) in [4.78, 5) is 26.3. The molecule has 8 rings (SSSR count). The summed E-state index contributed by atoms with van der Waals surface area (Å²) < 4.78 is 36.6. The highest BCUT2D eigenvalue weighted by Gasteiger charge is 2.45. The number of ether oxygens (including phenoxy) is 6. The number of benzene rings is 2. The highest BCUT2D eigenvalue weighted by Crippen LogP contribution is 2.38. The van der Waals surface area contributed by atoms with Gasteiger partial charge in [0.1, 0.15) is 24.4 Å². The van der Waals surface area contributed by atoms with Crippen molar-refractivity contribution in [2.45, 2.75) is 168 Å². The van der Waals surface area contributed by atoms with Gasteiger partial charge < -0.3 is 33.5 Å². The maximum absolute atomic E-state index is 13.2. The summed E-state index contributed by atoms with van der Waals surface area (Å²) in [6.45, 7) is 17.9. The molecule has 9 nitrogen and oxygen atoms in total. The predicted octanol–water partition coefficient (Wildman–Crippen LogP) is 10.2. The average molecular weight is 823 g/mol. The molecule has 10 atom stereocenters. The Morgan fingerprint density at radius 1 is 0.567 bits per heavy atom. The topological polar surface area (TPSA) is 110 Å². The number of hydrogen-bond acceptors (Lipinski definition) is 9. The molecule has 6 aliphatic rings. The van der Waals surface area contributed by atoms with Crippen molar-refractivity contribution in [1.82, 2.24) is 0 Å². The lowest BCUT2D eigenvalue weighted by Gasteiger charge is -2.23. The van der Waals surface area contributed by atoms with E-state index in [4.69, 9.17) is 28.4 Å². The van der Waals surface area contributed by atoms with Crippen molar-refractivity contribution in [1.29, 1.82) is 0 Å². The van der Waals surface area contributed by atoms with Gasteiger partial charge in [0.25, 0.3) is 0 Å². The number of aliphatic hydroxyl groups is 1. The zero-order chi connectivity index (χ0) is 42.9. The van der Waals surface area contributed by atoms with Crippen molar-refractivity contribution < 1.29 is 43.1 Å². The van der Waals surface area contributed by atoms with E-state index >= 15 is 0 Å². The first-order valence-electron chi connectivity index (χ1n) is 22.2. The van der Waals surface area contributed by atoms with E-state index in [1.54, 1.807) is 6.08 Å². The fourth-order valence-electron chi connectivity index (χ4n) is 10.1. The van der Waals surface area contributed by atoms with Gasteiger partial charge in [0.2, 0.25) is 0 Å². The lowest BCUT2D eigenvalue weighted by molar-refractivity contribution is -0.152. The standard InChI is InChI=1S/C26H34O4.C25H32O5/c1-16-14-18(3)23-20(15-16)9-7-11-22-24(30-26(4,5)29-22)17(2)12-13-19-8-6-10-21(19)28-25(23)27;1-15-13-16(2)22-18(14-15)8-6-10-21-23(30-25(3,4)29-21)19(26)12-11-17-7-5-9-20(17)28-24(22)27/h7,9,12-15,17,19,21-22,24H,6,8,10-11H2,1-5H3;6,8,11-14,17,19-21,23,26H,5,7,9-10H2,1-4H3/b9-7+,13-12-;8-6+,12-11-/t17?,19-,21+,22-,24+;17-,19?,20+,21-,23+/m00/s1. The molecule has 0 amide bonds. The molecule has 4 fully saturated rings. The van der Waals surface area contributed by atoms with E-state index in [1.807, 2.05) is 84.9 Å². The summed E-state index contributed by atoms with van der Waals surface area (Å²) in [7, 11) is 0. The second-order valence-corrected chi connectivity index (χ2v) is 18.8. The van der Waals surface area contributed by atoms with Crippen molar-refractivity contribution in [3.8, 4) is 0 Å². The molecular formula is C51H66O9. The Labute approximate surface area is 357 Å². The number of aliphatic hydroxyl groups excluding tert-OH is 1. The Morgan fingerprint density at radius 3 is 1.52 bits per heavy atom. The third-order valence-corrected chi connectivity index (χ3v) is 12.8. The summed E-state index contributed by atoms with van der Waals surface area (Å²) >= 11 is 0. The van der Waals surface area contributed by atoms with Gasteiger partial charge in [-0.3, -0.25) is 0 Å². The van der Waals surface area contributed by atoms with Crippen LogP contribution in [0.15, 0.2) is 60.7 Å². The van der Waals surface area contributed by atoms with E-state index in [0.29, 0.717) is 17.5 Å². The molecule has 2 saturated heterocycles. The molecule has 4 heterocycles. The van der Waals surface area contributed by atoms with Gasteiger partial charge in [-0.05, 0) is 129 Å². The first-order chi connectivity index (χ1) is 28.5. The van der Waals surface area contributed by atoms with Crippen LogP contribution < -0.4 is 0 Å². The largest absolute Gasteiger partial charge is 0.458 e. The molecule has 2 aromatic rings. The Hall–Kier alpha value is -3.86. The van der Waals surface area contributed by atoms with E-state index in [9.17, 15) is 14.7 Å². The van der Waals surface area contributed by atoms with E-state index < -0.39 is 23.8 Å². The maximum atomic E-state index is 13.2. The Morgan fingerprint density at radius 2 is 1.02 bits per heavy atom. The van der Waals surface area contributed by atoms with E-state index in [-0.39, 0.29) is 60.2 Å². The van der Waals surface area contributed by atoms with Gasteiger partial charge in [-0.15, -0.1) is 0 Å². The Balaban J connectivity index is 0.000000181. The van der Waals surface area contributed by atoms with Crippen LogP contribution in [0, 0.1) is 45.4 Å². The normalized spacial score (nSPS) is 35.5. The maximum Gasteiger partial charge on any atom is 0.339 e. The van der Waals surface area contributed by atoms with Crippen molar-refractivity contribution in [2.24, 2.45) is 17.8 Å². The van der Waals surface area contributed by atoms with E-state index in [1.165, 1.54) is 0 Å². The first-order valence-corrected chi connectivity index (χ1v) is 22.2. The molecule has 2 saturated carbocycles. The minimum Gasteiger partial charge on any atom is -0.458 e. The lowest BCUT2D eigenvalue weighted by Crippen LogP contribution is -2.34. The fourth-order valence-corrected chi connectivity index (χ4v) is 10.1. The summed E-state index contributed by atoms with van der Waals surface area (Å²) in [6, 6.07) is 8.15. The van der Waals surface area contributed by atoms with Crippen LogP contribution in [0.2, 0.25) is 0 Å². The molecule has 0 spiro atoms. The quantitative estimate of drug-likeness (QED) is 0.205. The van der Waals surface area contributed by atoms with Crippen LogP contribution in [0.4, 0.5) is 0 Å². The minimum absolute atomic E-state index is 0.00459. The van der Waals surface area contributed by atoms with Crippen molar-refractivity contribution in [3.05, 3.63) is 105 Å². The van der Waals surface area contributed by atoms with Gasteiger partial charge in [0, 0.05) is 17.8 Å². The smallest absolute Gasteiger partial charge is 0.339 e. The van der Waals surface area contributed by atoms with Crippen LogP contribution in [0.5, 0.6) is 0 Å². The number of esters is 2. The molecule has 324 valence electrons.